The van der Waals surface area contributed by atoms with Crippen LogP contribution in [-0.4, -0.2) is 35.1 Å². The molecule has 2 aromatic rings. The number of amides is 1. The summed E-state index contributed by atoms with van der Waals surface area (Å²) in [5.41, 5.74) is 0.652. The van der Waals surface area contributed by atoms with E-state index in [1.54, 1.807) is 18.3 Å². The quantitative estimate of drug-likeness (QED) is 0.803. The highest BCUT2D eigenvalue weighted by Crippen LogP contribution is 2.30. The van der Waals surface area contributed by atoms with Crippen molar-refractivity contribution in [2.45, 2.75) is 12.6 Å². The largest absolute Gasteiger partial charge is 0.412 e. The van der Waals surface area contributed by atoms with Crippen LogP contribution < -0.4 is 0 Å². The summed E-state index contributed by atoms with van der Waals surface area (Å²) in [5, 5.41) is 0.907. The van der Waals surface area contributed by atoms with Gasteiger partial charge in [-0.25, -0.2) is 0 Å². The zero-order chi connectivity index (χ0) is 15.0. The molecule has 3 nitrogen and oxygen atoms in total. The Hall–Kier alpha value is -2.24. The second kappa shape index (κ2) is 4.95. The van der Waals surface area contributed by atoms with Crippen molar-refractivity contribution in [1.29, 1.82) is 0 Å². The van der Waals surface area contributed by atoms with E-state index in [2.05, 4.69) is 4.98 Å². The molecular formula is C15H13F3N2O. The van der Waals surface area contributed by atoms with Crippen LogP contribution >= 0.6 is 0 Å². The molecule has 2 heterocycles. The Morgan fingerprint density at radius 3 is 2.71 bits per heavy atom. The minimum atomic E-state index is -4.30. The Morgan fingerprint density at radius 2 is 2.05 bits per heavy atom. The maximum absolute atomic E-state index is 12.6. The Kier molecular flexibility index (Phi) is 3.23. The van der Waals surface area contributed by atoms with Crippen molar-refractivity contribution in [2.24, 2.45) is 0 Å². The van der Waals surface area contributed by atoms with Crippen LogP contribution in [0.15, 0.2) is 42.1 Å². The Balaban J connectivity index is 1.84. The molecule has 0 spiro atoms. The fourth-order valence-electron chi connectivity index (χ4n) is 2.54. The maximum Gasteiger partial charge on any atom is 0.412 e. The van der Waals surface area contributed by atoms with Gasteiger partial charge in [0, 0.05) is 30.2 Å². The van der Waals surface area contributed by atoms with Crippen molar-refractivity contribution in [2.75, 3.05) is 13.1 Å². The van der Waals surface area contributed by atoms with Crippen LogP contribution in [0.5, 0.6) is 0 Å². The van der Waals surface area contributed by atoms with Crippen molar-refractivity contribution in [1.82, 2.24) is 9.88 Å². The molecule has 0 bridgehead atoms. The molecule has 3 rings (SSSR count). The van der Waals surface area contributed by atoms with E-state index in [1.165, 1.54) is 4.90 Å². The molecule has 110 valence electrons. The van der Waals surface area contributed by atoms with Crippen LogP contribution in [0.4, 0.5) is 13.2 Å². The van der Waals surface area contributed by atoms with Gasteiger partial charge in [-0.2, -0.15) is 13.2 Å². The predicted octanol–water partition coefficient (Wildman–Crippen LogP) is 3.50. The summed E-state index contributed by atoms with van der Waals surface area (Å²) in [4.78, 5) is 16.9. The summed E-state index contributed by atoms with van der Waals surface area (Å²) < 4.78 is 37.7. The second-order valence-corrected chi connectivity index (χ2v) is 4.98. The average Bonchev–Trinajstić information content (AvgIpc) is 2.94. The molecule has 0 saturated heterocycles. The summed E-state index contributed by atoms with van der Waals surface area (Å²) in [7, 11) is 0. The monoisotopic (exact) mass is 294 g/mol. The van der Waals surface area contributed by atoms with Crippen molar-refractivity contribution < 1.29 is 18.0 Å². The normalized spacial score (nSPS) is 16.1. The van der Waals surface area contributed by atoms with Crippen LogP contribution in [0.1, 0.15) is 16.8 Å². The molecule has 0 unspecified atom stereocenters. The predicted molar refractivity (Wildman–Crippen MR) is 73.0 cm³/mol. The summed E-state index contributed by atoms with van der Waals surface area (Å²) in [6.07, 6.45) is -1.62. The smallest absolute Gasteiger partial charge is 0.361 e. The first-order chi connectivity index (χ1) is 9.97. The topological polar surface area (TPSA) is 36.1 Å². The maximum atomic E-state index is 12.6. The third-order valence-electron chi connectivity index (χ3n) is 3.68. The number of rotatable bonds is 1. The number of alkyl halides is 3. The number of halogens is 3. The number of aromatic nitrogens is 1. The minimum absolute atomic E-state index is 0.00915. The molecule has 0 atom stereocenters. The number of H-pyrrole nitrogens is 1. The number of nitrogens with zero attached hydrogens (tertiary/aromatic N) is 1. The lowest BCUT2D eigenvalue weighted by Gasteiger charge is -2.27. The van der Waals surface area contributed by atoms with Crippen molar-refractivity contribution in [3.05, 3.63) is 47.7 Å². The molecule has 1 aromatic heterocycles. The zero-order valence-corrected chi connectivity index (χ0v) is 11.1. The second-order valence-electron chi connectivity index (χ2n) is 4.98. The highest BCUT2D eigenvalue weighted by atomic mass is 19.4. The zero-order valence-electron chi connectivity index (χ0n) is 11.1. The molecule has 0 saturated carbocycles. The lowest BCUT2D eigenvalue weighted by molar-refractivity contribution is -0.0957. The molecular weight excluding hydrogens is 281 g/mol. The Bertz CT molecular complexity index is 715. The number of carbonyl (C=O) groups is 1. The molecule has 6 heteroatoms. The molecule has 1 aliphatic rings. The van der Waals surface area contributed by atoms with Crippen LogP contribution in [0.25, 0.3) is 10.9 Å². The van der Waals surface area contributed by atoms with E-state index in [0.717, 1.165) is 11.5 Å². The van der Waals surface area contributed by atoms with Gasteiger partial charge < -0.3 is 9.88 Å². The molecule has 0 aliphatic carbocycles. The molecule has 0 radical (unpaired) electrons. The van der Waals surface area contributed by atoms with E-state index in [4.69, 9.17) is 0 Å². The number of aromatic amines is 1. The Labute approximate surface area is 119 Å². The number of para-hydroxylation sites is 1. The minimum Gasteiger partial charge on any atom is -0.361 e. The first-order valence-electron chi connectivity index (χ1n) is 6.58. The van der Waals surface area contributed by atoms with Gasteiger partial charge in [-0.3, -0.25) is 4.79 Å². The van der Waals surface area contributed by atoms with Gasteiger partial charge in [0.2, 0.25) is 0 Å². The molecule has 1 amide bonds. The fourth-order valence-corrected chi connectivity index (χ4v) is 2.54. The fraction of sp³-hybridized carbons (Fsp3) is 0.267. The van der Waals surface area contributed by atoms with Gasteiger partial charge in [0.25, 0.3) is 5.91 Å². The highest BCUT2D eigenvalue weighted by Gasteiger charge is 2.35. The van der Waals surface area contributed by atoms with Gasteiger partial charge in [0.15, 0.2) is 0 Å². The number of benzene rings is 1. The third kappa shape index (κ3) is 2.53. The summed E-state index contributed by atoms with van der Waals surface area (Å²) >= 11 is 0. The molecule has 1 N–H and O–H groups in total. The lowest BCUT2D eigenvalue weighted by atomic mass is 10.1. The van der Waals surface area contributed by atoms with Crippen molar-refractivity contribution in [3.63, 3.8) is 0 Å². The summed E-state index contributed by atoms with van der Waals surface area (Å²) in [6.45, 7) is 0.0754. The van der Waals surface area contributed by atoms with E-state index in [0.29, 0.717) is 11.1 Å². The van der Waals surface area contributed by atoms with Crippen molar-refractivity contribution >= 4 is 16.8 Å². The van der Waals surface area contributed by atoms with E-state index >= 15 is 0 Å². The van der Waals surface area contributed by atoms with Gasteiger partial charge in [-0.15, -0.1) is 0 Å². The first kappa shape index (κ1) is 13.7. The first-order valence-corrected chi connectivity index (χ1v) is 6.58. The van der Waals surface area contributed by atoms with E-state index in [1.807, 2.05) is 12.1 Å². The van der Waals surface area contributed by atoms with Gasteiger partial charge in [0.05, 0.1) is 11.1 Å². The number of hydrogen-bond acceptors (Lipinski definition) is 1. The highest BCUT2D eigenvalue weighted by molar-refractivity contribution is 6.05. The van der Waals surface area contributed by atoms with E-state index < -0.39 is 11.7 Å². The lowest BCUT2D eigenvalue weighted by Crippen LogP contribution is -2.36. The molecule has 21 heavy (non-hydrogen) atoms. The number of carbonyl (C=O) groups excluding carboxylic acids is 1. The van der Waals surface area contributed by atoms with Crippen LogP contribution in [0, 0.1) is 0 Å². The van der Waals surface area contributed by atoms with E-state index in [-0.39, 0.29) is 25.4 Å². The third-order valence-corrected chi connectivity index (χ3v) is 3.68. The number of hydrogen-bond donors (Lipinski definition) is 1. The van der Waals surface area contributed by atoms with Gasteiger partial charge in [-0.1, -0.05) is 18.2 Å². The van der Waals surface area contributed by atoms with Gasteiger partial charge in [0.1, 0.15) is 0 Å². The molecule has 1 aliphatic heterocycles. The molecule has 1 aromatic carbocycles. The number of nitrogens with one attached hydrogen (secondary N) is 1. The van der Waals surface area contributed by atoms with E-state index in [9.17, 15) is 18.0 Å². The van der Waals surface area contributed by atoms with Crippen LogP contribution in [-0.2, 0) is 0 Å². The van der Waals surface area contributed by atoms with Crippen molar-refractivity contribution in [3.8, 4) is 0 Å². The van der Waals surface area contributed by atoms with Gasteiger partial charge >= 0.3 is 6.18 Å². The molecule has 0 fully saturated rings. The summed E-state index contributed by atoms with van der Waals surface area (Å²) in [5.74, 6) is -0.250. The summed E-state index contributed by atoms with van der Waals surface area (Å²) in [6, 6.07) is 7.18. The standard InChI is InChI=1S/C15H13F3N2O/c16-15(17,18)11-5-8-20(9-6-11)14(21)12-3-1-2-10-4-7-19-13(10)12/h1-5,7,19H,6,8-9H2. The Morgan fingerprint density at radius 1 is 1.24 bits per heavy atom. The van der Waals surface area contributed by atoms with Crippen LogP contribution in [0.2, 0.25) is 0 Å². The average molecular weight is 294 g/mol. The SMILES string of the molecule is O=C(c1cccc2cc[nH]c12)N1CC=C(C(F)(F)F)CC1. The number of fused-ring (bicyclic) bond motifs is 1. The van der Waals surface area contributed by atoms with Gasteiger partial charge in [-0.05, 0) is 18.6 Å². The van der Waals surface area contributed by atoms with Crippen LogP contribution in [0.3, 0.4) is 0 Å².